The lowest BCUT2D eigenvalue weighted by Gasteiger charge is -2.32. The van der Waals surface area contributed by atoms with Gasteiger partial charge in [-0.25, -0.2) is 4.98 Å². The third-order valence-electron chi connectivity index (χ3n) is 4.48. The number of rotatable bonds is 5. The van der Waals surface area contributed by atoms with E-state index in [0.29, 0.717) is 17.9 Å². The van der Waals surface area contributed by atoms with Crippen molar-refractivity contribution in [2.45, 2.75) is 65.0 Å². The molecule has 2 aromatic heterocycles. The summed E-state index contributed by atoms with van der Waals surface area (Å²) in [6.07, 6.45) is 6.38. The van der Waals surface area contributed by atoms with Gasteiger partial charge in [0.25, 0.3) is 0 Å². The Kier molecular flexibility index (Phi) is 4.80. The summed E-state index contributed by atoms with van der Waals surface area (Å²) in [6, 6.07) is 0.451. The number of nitrogens with zero attached hydrogens (tertiary/aromatic N) is 5. The molecule has 3 heterocycles. The van der Waals surface area contributed by atoms with Crippen molar-refractivity contribution in [2.24, 2.45) is 0 Å². The van der Waals surface area contributed by atoms with Gasteiger partial charge in [0.05, 0.1) is 6.54 Å². The van der Waals surface area contributed by atoms with Crippen LogP contribution in [-0.4, -0.2) is 37.7 Å². The topological polar surface area (TPSA) is 60.0 Å². The van der Waals surface area contributed by atoms with Crippen molar-refractivity contribution in [3.63, 3.8) is 0 Å². The Balaban J connectivity index is 1.67. The Labute approximate surface area is 137 Å². The van der Waals surface area contributed by atoms with E-state index in [1.54, 1.807) is 0 Å². The first-order valence-corrected chi connectivity index (χ1v) is 8.62. The summed E-state index contributed by atoms with van der Waals surface area (Å²) >= 11 is 0. The predicted octanol–water partition coefficient (Wildman–Crippen LogP) is 3.35. The summed E-state index contributed by atoms with van der Waals surface area (Å²) in [5, 5.41) is 4.06. The van der Waals surface area contributed by atoms with E-state index in [1.165, 1.54) is 18.7 Å². The molecule has 23 heavy (non-hydrogen) atoms. The second kappa shape index (κ2) is 6.83. The SMILES string of the molecule is CC(C)c1noc(CN2CCCC(c3nccn3C(C)C)C2)n1. The monoisotopic (exact) mass is 317 g/mol. The molecule has 1 aliphatic heterocycles. The van der Waals surface area contributed by atoms with Crippen LogP contribution in [0.5, 0.6) is 0 Å². The molecule has 1 saturated heterocycles. The molecule has 1 fully saturated rings. The minimum atomic E-state index is 0.306. The first-order valence-electron chi connectivity index (χ1n) is 8.62. The van der Waals surface area contributed by atoms with E-state index in [1.807, 2.05) is 6.20 Å². The normalized spacial score (nSPS) is 19.8. The van der Waals surface area contributed by atoms with Crippen LogP contribution in [0.15, 0.2) is 16.9 Å². The molecule has 126 valence electrons. The fourth-order valence-corrected chi connectivity index (χ4v) is 3.25. The third-order valence-corrected chi connectivity index (χ3v) is 4.48. The molecule has 0 amide bonds. The molecule has 1 unspecified atom stereocenters. The van der Waals surface area contributed by atoms with E-state index in [4.69, 9.17) is 4.52 Å². The molecular weight excluding hydrogens is 290 g/mol. The van der Waals surface area contributed by atoms with Gasteiger partial charge in [-0.15, -0.1) is 0 Å². The second-order valence-electron chi connectivity index (χ2n) is 7.06. The first kappa shape index (κ1) is 16.2. The predicted molar refractivity (Wildman–Crippen MR) is 88.3 cm³/mol. The van der Waals surface area contributed by atoms with Gasteiger partial charge >= 0.3 is 0 Å². The maximum absolute atomic E-state index is 5.39. The molecule has 0 aromatic carbocycles. The minimum absolute atomic E-state index is 0.306. The van der Waals surface area contributed by atoms with Gasteiger partial charge in [-0.3, -0.25) is 4.90 Å². The lowest BCUT2D eigenvalue weighted by Crippen LogP contribution is -2.35. The molecule has 1 atom stereocenters. The zero-order valence-electron chi connectivity index (χ0n) is 14.6. The molecule has 0 N–H and O–H groups in total. The Morgan fingerprint density at radius 2 is 2.13 bits per heavy atom. The highest BCUT2D eigenvalue weighted by Gasteiger charge is 2.26. The smallest absolute Gasteiger partial charge is 0.240 e. The van der Waals surface area contributed by atoms with Crippen LogP contribution in [0.2, 0.25) is 0 Å². The summed E-state index contributed by atoms with van der Waals surface area (Å²) in [5.74, 6) is 3.51. The van der Waals surface area contributed by atoms with E-state index in [-0.39, 0.29) is 0 Å². The summed E-state index contributed by atoms with van der Waals surface area (Å²) < 4.78 is 7.68. The highest BCUT2D eigenvalue weighted by molar-refractivity contribution is 5.04. The van der Waals surface area contributed by atoms with Crippen molar-refractivity contribution in [3.8, 4) is 0 Å². The number of piperidine rings is 1. The van der Waals surface area contributed by atoms with Gasteiger partial charge < -0.3 is 9.09 Å². The van der Waals surface area contributed by atoms with Crippen LogP contribution in [0.25, 0.3) is 0 Å². The summed E-state index contributed by atoms with van der Waals surface area (Å²) in [7, 11) is 0. The molecule has 2 aromatic rings. The number of likely N-dealkylation sites (tertiary alicyclic amines) is 1. The van der Waals surface area contributed by atoms with Crippen molar-refractivity contribution >= 4 is 0 Å². The van der Waals surface area contributed by atoms with Crippen molar-refractivity contribution < 1.29 is 4.52 Å². The van der Waals surface area contributed by atoms with Gasteiger partial charge in [-0.2, -0.15) is 4.98 Å². The molecule has 1 aliphatic rings. The molecular formula is C17H27N5O. The van der Waals surface area contributed by atoms with Gasteiger partial charge in [0.1, 0.15) is 5.82 Å². The Morgan fingerprint density at radius 3 is 2.83 bits per heavy atom. The van der Waals surface area contributed by atoms with Crippen molar-refractivity contribution in [1.82, 2.24) is 24.6 Å². The van der Waals surface area contributed by atoms with Crippen LogP contribution in [0.4, 0.5) is 0 Å². The fourth-order valence-electron chi connectivity index (χ4n) is 3.25. The highest BCUT2D eigenvalue weighted by atomic mass is 16.5. The standard InChI is InChI=1S/C17H27N5O/c1-12(2)16-19-15(23-20-16)11-21-8-5-6-14(10-21)17-18-7-9-22(17)13(3)4/h7,9,12-14H,5-6,8,10-11H2,1-4H3. The maximum Gasteiger partial charge on any atom is 0.240 e. The molecule has 3 rings (SSSR count). The summed E-state index contributed by atoms with van der Waals surface area (Å²) in [6.45, 7) is 11.4. The van der Waals surface area contributed by atoms with Gasteiger partial charge in [0.15, 0.2) is 5.82 Å². The quantitative estimate of drug-likeness (QED) is 0.846. The average molecular weight is 317 g/mol. The van der Waals surface area contributed by atoms with E-state index in [2.05, 4.69) is 58.5 Å². The molecule has 0 spiro atoms. The minimum Gasteiger partial charge on any atom is -0.338 e. The van der Waals surface area contributed by atoms with Crippen molar-refractivity contribution in [2.75, 3.05) is 13.1 Å². The number of imidazole rings is 1. The lowest BCUT2D eigenvalue weighted by molar-refractivity contribution is 0.172. The molecule has 0 saturated carbocycles. The number of aromatic nitrogens is 4. The lowest BCUT2D eigenvalue weighted by atomic mass is 9.97. The summed E-state index contributed by atoms with van der Waals surface area (Å²) in [5.41, 5.74) is 0. The zero-order chi connectivity index (χ0) is 16.4. The molecule has 0 radical (unpaired) electrons. The Bertz CT molecular complexity index is 630. The molecule has 6 nitrogen and oxygen atoms in total. The van der Waals surface area contributed by atoms with E-state index in [0.717, 1.165) is 31.3 Å². The number of hydrogen-bond acceptors (Lipinski definition) is 5. The maximum atomic E-state index is 5.39. The van der Waals surface area contributed by atoms with Crippen LogP contribution in [0, 0.1) is 0 Å². The van der Waals surface area contributed by atoms with Gasteiger partial charge in [0, 0.05) is 36.8 Å². The van der Waals surface area contributed by atoms with Crippen LogP contribution >= 0.6 is 0 Å². The molecule has 0 aliphatic carbocycles. The van der Waals surface area contributed by atoms with Crippen LogP contribution in [0.1, 0.15) is 76.0 Å². The largest absolute Gasteiger partial charge is 0.338 e. The first-order chi connectivity index (χ1) is 11.0. The zero-order valence-corrected chi connectivity index (χ0v) is 14.6. The number of hydrogen-bond donors (Lipinski definition) is 0. The van der Waals surface area contributed by atoms with E-state index >= 15 is 0 Å². The fraction of sp³-hybridized carbons (Fsp3) is 0.706. The van der Waals surface area contributed by atoms with E-state index < -0.39 is 0 Å². The Hall–Kier alpha value is -1.69. The summed E-state index contributed by atoms with van der Waals surface area (Å²) in [4.78, 5) is 11.5. The van der Waals surface area contributed by atoms with Crippen LogP contribution in [0.3, 0.4) is 0 Å². The van der Waals surface area contributed by atoms with Gasteiger partial charge in [-0.05, 0) is 33.2 Å². The van der Waals surface area contributed by atoms with E-state index in [9.17, 15) is 0 Å². The van der Waals surface area contributed by atoms with Crippen LogP contribution < -0.4 is 0 Å². The van der Waals surface area contributed by atoms with Crippen molar-refractivity contribution in [1.29, 1.82) is 0 Å². The van der Waals surface area contributed by atoms with Crippen LogP contribution in [-0.2, 0) is 6.54 Å². The Morgan fingerprint density at radius 1 is 1.30 bits per heavy atom. The third kappa shape index (κ3) is 3.63. The average Bonchev–Trinajstić information content (AvgIpc) is 3.16. The van der Waals surface area contributed by atoms with Crippen molar-refractivity contribution in [3.05, 3.63) is 29.9 Å². The second-order valence-corrected chi connectivity index (χ2v) is 7.06. The molecule has 0 bridgehead atoms. The molecule has 6 heteroatoms. The van der Waals surface area contributed by atoms with Gasteiger partial charge in [-0.1, -0.05) is 19.0 Å². The van der Waals surface area contributed by atoms with Gasteiger partial charge in [0.2, 0.25) is 5.89 Å². The highest BCUT2D eigenvalue weighted by Crippen LogP contribution is 2.28.